The average molecular weight is 345 g/mol. The third-order valence-electron chi connectivity index (χ3n) is 2.79. The van der Waals surface area contributed by atoms with E-state index in [1.165, 1.54) is 0 Å². The Kier molecular flexibility index (Phi) is 4.37. The fraction of sp³-hybridized carbons (Fsp3) is 0.308. The number of hydrogen-bond donors (Lipinski definition) is 1. The molecule has 0 unspecified atom stereocenters. The zero-order valence-electron chi connectivity index (χ0n) is 10.8. The van der Waals surface area contributed by atoms with Crippen LogP contribution < -0.4 is 10.5 Å². The van der Waals surface area contributed by atoms with Gasteiger partial charge in [-0.2, -0.15) is 5.10 Å². The fourth-order valence-electron chi connectivity index (χ4n) is 1.79. The highest BCUT2D eigenvalue weighted by atomic mass is 79.9. The first kappa shape index (κ1) is 14.2. The summed E-state index contributed by atoms with van der Waals surface area (Å²) in [7, 11) is 0. The van der Waals surface area contributed by atoms with Crippen molar-refractivity contribution in [3.63, 3.8) is 0 Å². The van der Waals surface area contributed by atoms with Crippen molar-refractivity contribution in [1.29, 1.82) is 0 Å². The van der Waals surface area contributed by atoms with Gasteiger partial charge in [-0.05, 0) is 41.9 Å². The van der Waals surface area contributed by atoms with Crippen LogP contribution in [0.15, 0.2) is 22.7 Å². The van der Waals surface area contributed by atoms with Crippen molar-refractivity contribution in [2.45, 2.75) is 27.0 Å². The largest absolute Gasteiger partial charge is 0.485 e. The Balaban J connectivity index is 2.21. The van der Waals surface area contributed by atoms with Gasteiger partial charge in [0, 0.05) is 17.6 Å². The predicted octanol–water partition coefficient (Wildman–Crippen LogP) is 3.79. The first-order valence-corrected chi connectivity index (χ1v) is 7.09. The van der Waals surface area contributed by atoms with Crippen molar-refractivity contribution in [2.75, 3.05) is 5.73 Å². The maximum absolute atomic E-state index is 5.93. The van der Waals surface area contributed by atoms with Gasteiger partial charge in [0.25, 0.3) is 0 Å². The molecule has 2 rings (SSSR count). The van der Waals surface area contributed by atoms with Crippen LogP contribution in [0.1, 0.15) is 18.3 Å². The Bertz CT molecular complexity index is 598. The molecule has 0 bridgehead atoms. The molecule has 102 valence electrons. The van der Waals surface area contributed by atoms with Gasteiger partial charge < -0.3 is 10.5 Å². The minimum Gasteiger partial charge on any atom is -0.485 e. The van der Waals surface area contributed by atoms with Gasteiger partial charge in [0.15, 0.2) is 0 Å². The van der Waals surface area contributed by atoms with E-state index in [9.17, 15) is 0 Å². The standard InChI is InChI=1S/C13H15BrClN3O/c1-3-18-11(13(14)8(2)17-18)7-19-12-6-9(15)4-5-10(12)16/h4-6H,3,7,16H2,1-2H3. The van der Waals surface area contributed by atoms with Gasteiger partial charge in [-0.25, -0.2) is 0 Å². The molecule has 0 fully saturated rings. The fourth-order valence-corrected chi connectivity index (χ4v) is 2.35. The Morgan fingerprint density at radius 2 is 2.21 bits per heavy atom. The molecule has 0 aliphatic rings. The third-order valence-corrected chi connectivity index (χ3v) is 4.06. The van der Waals surface area contributed by atoms with Crippen LogP contribution in [0, 0.1) is 6.92 Å². The second-order valence-electron chi connectivity index (χ2n) is 4.13. The average Bonchev–Trinajstić information content (AvgIpc) is 2.66. The van der Waals surface area contributed by atoms with Gasteiger partial charge in [0.1, 0.15) is 12.4 Å². The highest BCUT2D eigenvalue weighted by molar-refractivity contribution is 9.10. The number of nitrogen functional groups attached to an aromatic ring is 1. The Labute approximate surface area is 125 Å². The second-order valence-corrected chi connectivity index (χ2v) is 5.36. The molecule has 0 saturated carbocycles. The summed E-state index contributed by atoms with van der Waals surface area (Å²) in [4.78, 5) is 0. The van der Waals surface area contributed by atoms with Gasteiger partial charge in [-0.3, -0.25) is 4.68 Å². The SMILES string of the molecule is CCn1nc(C)c(Br)c1COc1cc(Cl)ccc1N. The van der Waals surface area contributed by atoms with E-state index in [0.717, 1.165) is 22.4 Å². The number of aryl methyl sites for hydroxylation is 2. The van der Waals surface area contributed by atoms with Crippen LogP contribution in [0.3, 0.4) is 0 Å². The molecule has 4 nitrogen and oxygen atoms in total. The lowest BCUT2D eigenvalue weighted by Gasteiger charge is -2.10. The molecule has 1 aromatic carbocycles. The maximum Gasteiger partial charge on any atom is 0.144 e. The van der Waals surface area contributed by atoms with Crippen LogP contribution in [-0.4, -0.2) is 9.78 Å². The molecule has 0 spiro atoms. The zero-order chi connectivity index (χ0) is 14.0. The van der Waals surface area contributed by atoms with Crippen molar-refractivity contribution in [1.82, 2.24) is 9.78 Å². The first-order valence-electron chi connectivity index (χ1n) is 5.92. The summed E-state index contributed by atoms with van der Waals surface area (Å²) in [6.07, 6.45) is 0. The summed E-state index contributed by atoms with van der Waals surface area (Å²) in [5.41, 5.74) is 8.35. The molecule has 2 aromatic rings. The van der Waals surface area contributed by atoms with E-state index in [1.807, 2.05) is 18.5 Å². The molecule has 1 heterocycles. The number of nitrogens with zero attached hydrogens (tertiary/aromatic N) is 2. The number of halogens is 2. The van der Waals surface area contributed by atoms with Crippen LogP contribution >= 0.6 is 27.5 Å². The summed E-state index contributed by atoms with van der Waals surface area (Å²) in [5, 5.41) is 5.01. The van der Waals surface area contributed by atoms with Crippen LogP contribution in [0.25, 0.3) is 0 Å². The molecular weight excluding hydrogens is 330 g/mol. The van der Waals surface area contributed by atoms with E-state index < -0.39 is 0 Å². The molecule has 1 aromatic heterocycles. The van der Waals surface area contributed by atoms with E-state index in [-0.39, 0.29) is 0 Å². The van der Waals surface area contributed by atoms with Crippen LogP contribution in [0.4, 0.5) is 5.69 Å². The zero-order valence-corrected chi connectivity index (χ0v) is 13.1. The molecule has 19 heavy (non-hydrogen) atoms. The van der Waals surface area contributed by atoms with E-state index in [0.29, 0.717) is 23.1 Å². The Hall–Kier alpha value is -1.20. The number of ether oxygens (including phenoxy) is 1. The third kappa shape index (κ3) is 3.04. The highest BCUT2D eigenvalue weighted by Gasteiger charge is 2.13. The van der Waals surface area contributed by atoms with E-state index in [2.05, 4.69) is 21.0 Å². The highest BCUT2D eigenvalue weighted by Crippen LogP contribution is 2.28. The van der Waals surface area contributed by atoms with Crippen LogP contribution in [-0.2, 0) is 13.2 Å². The first-order chi connectivity index (χ1) is 9.02. The van der Waals surface area contributed by atoms with Crippen molar-refractivity contribution in [3.8, 4) is 5.75 Å². The second kappa shape index (κ2) is 5.84. The molecular formula is C13H15BrClN3O. The molecule has 2 N–H and O–H groups in total. The molecule has 0 saturated heterocycles. The summed E-state index contributed by atoms with van der Waals surface area (Å²) < 4.78 is 8.61. The minimum atomic E-state index is 0.389. The molecule has 0 atom stereocenters. The van der Waals surface area contributed by atoms with Crippen molar-refractivity contribution < 1.29 is 4.74 Å². The van der Waals surface area contributed by atoms with Crippen molar-refractivity contribution in [2.24, 2.45) is 0 Å². The Morgan fingerprint density at radius 3 is 2.89 bits per heavy atom. The van der Waals surface area contributed by atoms with Crippen molar-refractivity contribution >= 4 is 33.2 Å². The van der Waals surface area contributed by atoms with E-state index >= 15 is 0 Å². The summed E-state index contributed by atoms with van der Waals surface area (Å²) >= 11 is 9.46. The van der Waals surface area contributed by atoms with Gasteiger partial charge >= 0.3 is 0 Å². The van der Waals surface area contributed by atoms with E-state index in [1.54, 1.807) is 18.2 Å². The molecule has 0 aliphatic heterocycles. The molecule has 0 radical (unpaired) electrons. The van der Waals surface area contributed by atoms with Crippen LogP contribution in [0.2, 0.25) is 5.02 Å². The molecule has 0 aliphatic carbocycles. The van der Waals surface area contributed by atoms with Gasteiger partial charge in [0.2, 0.25) is 0 Å². The lowest BCUT2D eigenvalue weighted by atomic mass is 10.3. The topological polar surface area (TPSA) is 53.1 Å². The van der Waals surface area contributed by atoms with Crippen molar-refractivity contribution in [3.05, 3.63) is 39.1 Å². The number of aromatic nitrogens is 2. The predicted molar refractivity (Wildman–Crippen MR) is 80.5 cm³/mol. The smallest absolute Gasteiger partial charge is 0.144 e. The van der Waals surface area contributed by atoms with Gasteiger partial charge in [-0.1, -0.05) is 11.6 Å². The van der Waals surface area contributed by atoms with Crippen LogP contribution in [0.5, 0.6) is 5.75 Å². The lowest BCUT2D eigenvalue weighted by Crippen LogP contribution is -2.07. The van der Waals surface area contributed by atoms with Gasteiger partial charge in [-0.15, -0.1) is 0 Å². The quantitative estimate of drug-likeness (QED) is 0.859. The Morgan fingerprint density at radius 1 is 1.47 bits per heavy atom. The molecule has 6 heteroatoms. The number of nitrogens with two attached hydrogens (primary N) is 1. The lowest BCUT2D eigenvalue weighted by molar-refractivity contribution is 0.293. The summed E-state index contributed by atoms with van der Waals surface area (Å²) in [6, 6.07) is 5.18. The normalized spacial score (nSPS) is 10.7. The number of hydrogen-bond acceptors (Lipinski definition) is 3. The van der Waals surface area contributed by atoms with E-state index in [4.69, 9.17) is 22.1 Å². The minimum absolute atomic E-state index is 0.389. The summed E-state index contributed by atoms with van der Waals surface area (Å²) in [5.74, 6) is 0.584. The summed E-state index contributed by atoms with van der Waals surface area (Å²) in [6.45, 7) is 5.17. The maximum atomic E-state index is 5.93. The number of benzene rings is 1. The number of anilines is 1. The number of rotatable bonds is 4. The van der Waals surface area contributed by atoms with Gasteiger partial charge in [0.05, 0.1) is 21.5 Å². The molecule has 0 amide bonds. The monoisotopic (exact) mass is 343 g/mol.